The van der Waals surface area contributed by atoms with Crippen molar-refractivity contribution in [2.45, 2.75) is 125 Å². The van der Waals surface area contributed by atoms with Gasteiger partial charge in [0.1, 0.15) is 6.61 Å². The van der Waals surface area contributed by atoms with Crippen molar-refractivity contribution in [2.75, 3.05) is 6.61 Å². The summed E-state index contributed by atoms with van der Waals surface area (Å²) in [7, 11) is 0. The van der Waals surface area contributed by atoms with Crippen LogP contribution in [0.15, 0.2) is 58.9 Å². The number of rotatable bonds is 7. The highest BCUT2D eigenvalue weighted by atomic mass is 16.5. The monoisotopic (exact) mass is 609 g/mol. The number of aryl methyl sites for hydroxylation is 2. The number of benzene rings is 2. The third kappa shape index (κ3) is 6.37. The lowest BCUT2D eigenvalue weighted by atomic mass is 9.63. The molecule has 2 aromatic carbocycles. The Kier molecular flexibility index (Phi) is 8.52. The Morgan fingerprint density at radius 1 is 0.733 bits per heavy atom. The van der Waals surface area contributed by atoms with Crippen molar-refractivity contribution in [3.63, 3.8) is 0 Å². The molecule has 0 unspecified atom stereocenters. The smallest absolute Gasteiger partial charge is 0.162 e. The molecule has 45 heavy (non-hydrogen) atoms. The second kappa shape index (κ2) is 12.1. The molecule has 6 rings (SSSR count). The third-order valence-corrected chi connectivity index (χ3v) is 10.2. The fourth-order valence-corrected chi connectivity index (χ4v) is 8.51. The zero-order valence-electron chi connectivity index (χ0n) is 28.5. The van der Waals surface area contributed by atoms with Gasteiger partial charge in [-0.05, 0) is 80.5 Å². The largest absolute Gasteiger partial charge is 0.490 e. The highest BCUT2D eigenvalue weighted by Gasteiger charge is 2.50. The first-order chi connectivity index (χ1) is 21.4. The summed E-state index contributed by atoms with van der Waals surface area (Å²) in [5, 5.41) is 0. The van der Waals surface area contributed by atoms with Crippen LogP contribution in [-0.2, 0) is 16.2 Å². The van der Waals surface area contributed by atoms with Crippen molar-refractivity contribution in [1.82, 2.24) is 4.90 Å². The third-order valence-electron chi connectivity index (χ3n) is 10.2. The number of carbonyl (C=O) groups is 2. The lowest BCUT2D eigenvalue weighted by Crippen LogP contribution is -2.48. The van der Waals surface area contributed by atoms with Gasteiger partial charge in [-0.2, -0.15) is 0 Å². The van der Waals surface area contributed by atoms with E-state index in [1.165, 1.54) is 41.8 Å². The minimum Gasteiger partial charge on any atom is -0.490 e. The van der Waals surface area contributed by atoms with E-state index >= 15 is 0 Å². The standard InChI is InChI=1S/C40H51NO4/c1-8-44-35-19-28(14-15-34(35)45-24-27-17-25(2)16-26(3)18-27)36-37-30(20-39(4,5)22-32(37)42)41(29-12-10-9-11-13-29)31-21-40(6,7)23-33(43)38(31)36/h14-19,29,36H,8-13,20-24H2,1-7H3. The van der Waals surface area contributed by atoms with E-state index in [1.807, 2.05) is 19.1 Å². The molecule has 0 radical (unpaired) electrons. The Labute approximate surface area is 270 Å². The normalized spacial score (nSPS) is 22.0. The summed E-state index contributed by atoms with van der Waals surface area (Å²) in [4.78, 5) is 31.1. The van der Waals surface area contributed by atoms with Crippen LogP contribution in [0.4, 0.5) is 0 Å². The highest BCUT2D eigenvalue weighted by Crippen LogP contribution is 2.56. The molecule has 1 saturated carbocycles. The minimum atomic E-state index is -0.380. The summed E-state index contributed by atoms with van der Waals surface area (Å²) in [6.45, 7) is 16.0. The first-order valence-electron chi connectivity index (χ1n) is 17.1. The first-order valence-corrected chi connectivity index (χ1v) is 17.1. The van der Waals surface area contributed by atoms with Crippen molar-refractivity contribution >= 4 is 11.6 Å². The maximum atomic E-state index is 14.3. The average Bonchev–Trinajstić information content (AvgIpc) is 2.94. The molecule has 1 heterocycles. The summed E-state index contributed by atoms with van der Waals surface area (Å²) < 4.78 is 12.5. The van der Waals surface area contributed by atoms with Crippen LogP contribution >= 0.6 is 0 Å². The number of Topliss-reactive ketones (excluding diaryl/α,β-unsaturated/α-hetero) is 2. The summed E-state index contributed by atoms with van der Waals surface area (Å²) in [6.07, 6.45) is 8.58. The van der Waals surface area contributed by atoms with Crippen molar-refractivity contribution in [1.29, 1.82) is 0 Å². The molecule has 3 aliphatic carbocycles. The van der Waals surface area contributed by atoms with Crippen molar-refractivity contribution in [2.24, 2.45) is 10.8 Å². The van der Waals surface area contributed by atoms with Gasteiger partial charge in [-0.15, -0.1) is 0 Å². The van der Waals surface area contributed by atoms with Gasteiger partial charge in [0.25, 0.3) is 0 Å². The fourth-order valence-electron chi connectivity index (χ4n) is 8.51. The molecule has 0 atom stereocenters. The van der Waals surface area contributed by atoms with E-state index in [9.17, 15) is 9.59 Å². The van der Waals surface area contributed by atoms with Crippen LogP contribution in [0.1, 0.15) is 121 Å². The zero-order chi connectivity index (χ0) is 32.1. The summed E-state index contributed by atoms with van der Waals surface area (Å²) in [6, 6.07) is 12.9. The highest BCUT2D eigenvalue weighted by molar-refractivity contribution is 6.06. The quantitative estimate of drug-likeness (QED) is 0.313. The van der Waals surface area contributed by atoms with Crippen LogP contribution in [0.25, 0.3) is 0 Å². The number of nitrogens with zero attached hydrogens (tertiary/aromatic N) is 1. The van der Waals surface area contributed by atoms with Crippen LogP contribution in [0.5, 0.6) is 11.5 Å². The number of ketones is 2. The predicted molar refractivity (Wildman–Crippen MR) is 179 cm³/mol. The SMILES string of the molecule is CCOc1cc(C2C3=C(CC(C)(C)CC3=O)N(C3CCCCC3)C3=C2C(=O)CC(C)(C)C3)ccc1OCc1cc(C)cc(C)c1. The molecule has 5 heteroatoms. The van der Waals surface area contributed by atoms with Gasteiger partial charge < -0.3 is 14.4 Å². The second-order valence-electron chi connectivity index (χ2n) is 15.6. The Bertz CT molecular complexity index is 1490. The molecule has 1 aliphatic heterocycles. The Balaban J connectivity index is 1.47. The van der Waals surface area contributed by atoms with E-state index in [-0.39, 0.29) is 28.3 Å². The van der Waals surface area contributed by atoms with Crippen molar-refractivity contribution in [3.8, 4) is 11.5 Å². The average molecular weight is 610 g/mol. The summed E-state index contributed by atoms with van der Waals surface area (Å²) in [5.41, 5.74) is 8.27. The molecule has 0 saturated heterocycles. The molecule has 5 nitrogen and oxygen atoms in total. The van der Waals surface area contributed by atoms with Gasteiger partial charge >= 0.3 is 0 Å². The Morgan fingerprint density at radius 2 is 1.31 bits per heavy atom. The number of ether oxygens (including phenoxy) is 2. The molecule has 0 N–H and O–H groups in total. The van der Waals surface area contributed by atoms with E-state index in [0.717, 1.165) is 48.0 Å². The molecule has 2 aromatic rings. The number of allylic oxidation sites excluding steroid dienone is 4. The number of carbonyl (C=O) groups excluding carboxylic acids is 2. The summed E-state index contributed by atoms with van der Waals surface area (Å²) >= 11 is 0. The van der Waals surface area contributed by atoms with E-state index in [4.69, 9.17) is 9.47 Å². The predicted octanol–water partition coefficient (Wildman–Crippen LogP) is 9.30. The van der Waals surface area contributed by atoms with Gasteiger partial charge in [-0.25, -0.2) is 0 Å². The summed E-state index contributed by atoms with van der Waals surface area (Å²) in [5.74, 6) is 1.32. The Hall–Kier alpha value is -3.34. The fraction of sp³-hybridized carbons (Fsp3) is 0.550. The maximum absolute atomic E-state index is 14.3. The molecule has 0 amide bonds. The molecule has 0 aromatic heterocycles. The van der Waals surface area contributed by atoms with E-state index in [1.54, 1.807) is 0 Å². The number of hydrogen-bond acceptors (Lipinski definition) is 5. The molecule has 0 spiro atoms. The van der Waals surface area contributed by atoms with Crippen molar-refractivity contribution < 1.29 is 19.1 Å². The zero-order valence-corrected chi connectivity index (χ0v) is 28.5. The van der Waals surface area contributed by atoms with Gasteiger partial charge in [0.05, 0.1) is 6.61 Å². The van der Waals surface area contributed by atoms with Crippen LogP contribution in [0.3, 0.4) is 0 Å². The van der Waals surface area contributed by atoms with Crippen LogP contribution in [0, 0.1) is 24.7 Å². The maximum Gasteiger partial charge on any atom is 0.162 e. The van der Waals surface area contributed by atoms with Gasteiger partial charge in [0.15, 0.2) is 23.1 Å². The molecule has 0 bridgehead atoms. The van der Waals surface area contributed by atoms with Crippen LogP contribution in [0.2, 0.25) is 0 Å². The molecule has 1 fully saturated rings. The van der Waals surface area contributed by atoms with E-state index < -0.39 is 0 Å². The topological polar surface area (TPSA) is 55.8 Å². The lowest BCUT2D eigenvalue weighted by Gasteiger charge is -2.52. The van der Waals surface area contributed by atoms with Crippen molar-refractivity contribution in [3.05, 3.63) is 81.2 Å². The Morgan fingerprint density at radius 3 is 1.87 bits per heavy atom. The molecular weight excluding hydrogens is 558 g/mol. The minimum absolute atomic E-state index is 0.123. The van der Waals surface area contributed by atoms with E-state index in [2.05, 4.69) is 70.7 Å². The number of hydrogen-bond donors (Lipinski definition) is 0. The second-order valence-corrected chi connectivity index (χ2v) is 15.6. The molecule has 240 valence electrons. The van der Waals surface area contributed by atoms with Gasteiger partial charge in [-0.1, -0.05) is 82.3 Å². The van der Waals surface area contributed by atoms with E-state index in [0.29, 0.717) is 43.6 Å². The lowest BCUT2D eigenvalue weighted by molar-refractivity contribution is -0.119. The van der Waals surface area contributed by atoms with Gasteiger partial charge in [-0.3, -0.25) is 9.59 Å². The molecular formula is C40H51NO4. The van der Waals surface area contributed by atoms with Crippen LogP contribution in [-0.4, -0.2) is 29.1 Å². The first kappa shape index (κ1) is 31.6. The molecule has 4 aliphatic rings. The van der Waals surface area contributed by atoms with Gasteiger partial charge in [0, 0.05) is 47.3 Å². The van der Waals surface area contributed by atoms with Crippen LogP contribution < -0.4 is 9.47 Å². The van der Waals surface area contributed by atoms with Gasteiger partial charge in [0.2, 0.25) is 0 Å².